The Morgan fingerprint density at radius 2 is 1.89 bits per heavy atom. The molecule has 0 fully saturated rings. The summed E-state index contributed by atoms with van der Waals surface area (Å²) in [6.07, 6.45) is 1.70. The predicted molar refractivity (Wildman–Crippen MR) is 81.7 cm³/mol. The first-order chi connectivity index (χ1) is 9.24. The molecule has 0 bridgehead atoms. The molecule has 94 valence electrons. The molecule has 0 aliphatic heterocycles. The maximum absolute atomic E-state index is 6.06. The molecule has 0 unspecified atom stereocenters. The highest BCUT2D eigenvalue weighted by molar-refractivity contribution is 7.99. The topological polar surface area (TPSA) is 38.9 Å². The quantitative estimate of drug-likeness (QED) is 0.747. The van der Waals surface area contributed by atoms with Crippen LogP contribution >= 0.6 is 23.4 Å². The van der Waals surface area contributed by atoms with Gasteiger partial charge in [0.25, 0.3) is 0 Å². The van der Waals surface area contributed by atoms with Gasteiger partial charge in [0.2, 0.25) is 0 Å². The maximum Gasteiger partial charge on any atom is 0.0715 e. The van der Waals surface area contributed by atoms with Crippen molar-refractivity contribution in [1.82, 2.24) is 4.98 Å². The van der Waals surface area contributed by atoms with Crippen molar-refractivity contribution in [3.05, 3.63) is 59.8 Å². The molecular formula is C15H11ClN2S. The van der Waals surface area contributed by atoms with E-state index in [1.165, 1.54) is 0 Å². The zero-order valence-electron chi connectivity index (χ0n) is 10.0. The van der Waals surface area contributed by atoms with Crippen LogP contribution in [0.25, 0.3) is 10.9 Å². The normalized spacial score (nSPS) is 10.8. The Balaban J connectivity index is 2.12. The first-order valence-electron chi connectivity index (χ1n) is 5.81. The van der Waals surface area contributed by atoms with Crippen LogP contribution in [0.4, 0.5) is 5.69 Å². The van der Waals surface area contributed by atoms with E-state index in [0.29, 0.717) is 5.69 Å². The molecule has 0 aliphatic rings. The van der Waals surface area contributed by atoms with Gasteiger partial charge < -0.3 is 5.73 Å². The SMILES string of the molecule is Nc1cnc2ccccc2c1Sc1cccc(Cl)c1. The molecule has 3 aromatic rings. The fraction of sp³-hybridized carbons (Fsp3) is 0. The fourth-order valence-electron chi connectivity index (χ4n) is 1.89. The third-order valence-electron chi connectivity index (χ3n) is 2.77. The highest BCUT2D eigenvalue weighted by Gasteiger charge is 2.08. The Labute approximate surface area is 120 Å². The van der Waals surface area contributed by atoms with Crippen LogP contribution in [0.5, 0.6) is 0 Å². The lowest BCUT2D eigenvalue weighted by Crippen LogP contribution is -1.92. The van der Waals surface area contributed by atoms with E-state index in [4.69, 9.17) is 17.3 Å². The van der Waals surface area contributed by atoms with Gasteiger partial charge in [0.1, 0.15) is 0 Å². The largest absolute Gasteiger partial charge is 0.397 e. The minimum absolute atomic E-state index is 0.684. The van der Waals surface area contributed by atoms with Gasteiger partial charge in [-0.15, -0.1) is 0 Å². The van der Waals surface area contributed by atoms with Crippen LogP contribution in [-0.2, 0) is 0 Å². The molecule has 1 heterocycles. The van der Waals surface area contributed by atoms with Gasteiger partial charge in [0.15, 0.2) is 0 Å². The summed E-state index contributed by atoms with van der Waals surface area (Å²) in [7, 11) is 0. The highest BCUT2D eigenvalue weighted by Crippen LogP contribution is 2.37. The van der Waals surface area contributed by atoms with Crippen molar-refractivity contribution in [2.24, 2.45) is 0 Å². The average Bonchev–Trinajstić information content (AvgIpc) is 2.42. The van der Waals surface area contributed by atoms with Gasteiger partial charge in [-0.1, -0.05) is 47.6 Å². The van der Waals surface area contributed by atoms with Gasteiger partial charge in [0, 0.05) is 20.2 Å². The Bertz CT molecular complexity index is 743. The van der Waals surface area contributed by atoms with Crippen LogP contribution in [0.3, 0.4) is 0 Å². The van der Waals surface area contributed by atoms with Crippen molar-refractivity contribution < 1.29 is 0 Å². The summed E-state index contributed by atoms with van der Waals surface area (Å²) in [4.78, 5) is 6.42. The van der Waals surface area contributed by atoms with E-state index < -0.39 is 0 Å². The molecule has 0 saturated heterocycles. The zero-order valence-corrected chi connectivity index (χ0v) is 11.6. The molecule has 0 saturated carbocycles. The van der Waals surface area contributed by atoms with Crippen LogP contribution < -0.4 is 5.73 Å². The maximum atomic E-state index is 6.06. The molecule has 2 aromatic carbocycles. The molecule has 2 N–H and O–H groups in total. The fourth-order valence-corrected chi connectivity index (χ4v) is 3.17. The molecule has 3 rings (SSSR count). The van der Waals surface area contributed by atoms with Crippen molar-refractivity contribution in [2.45, 2.75) is 9.79 Å². The van der Waals surface area contributed by atoms with Gasteiger partial charge in [-0.05, 0) is 24.3 Å². The standard InChI is InChI=1S/C15H11ClN2S/c16-10-4-3-5-11(8-10)19-15-12-6-1-2-7-14(12)18-9-13(15)17/h1-9H,17H2. The molecule has 0 spiro atoms. The third-order valence-corrected chi connectivity index (χ3v) is 4.15. The van der Waals surface area contributed by atoms with Crippen LogP contribution in [-0.4, -0.2) is 4.98 Å². The number of pyridine rings is 1. The number of hydrogen-bond acceptors (Lipinski definition) is 3. The summed E-state index contributed by atoms with van der Waals surface area (Å²) in [5, 5.41) is 1.79. The second-order valence-electron chi connectivity index (χ2n) is 4.12. The van der Waals surface area contributed by atoms with Crippen molar-refractivity contribution in [1.29, 1.82) is 0 Å². The Hall–Kier alpha value is -1.71. The van der Waals surface area contributed by atoms with Crippen LogP contribution in [0.15, 0.2) is 64.5 Å². The Morgan fingerprint density at radius 1 is 1.05 bits per heavy atom. The number of aromatic nitrogens is 1. The highest BCUT2D eigenvalue weighted by atomic mass is 35.5. The number of halogens is 1. The summed E-state index contributed by atoms with van der Waals surface area (Å²) in [5.74, 6) is 0. The number of para-hydroxylation sites is 1. The van der Waals surface area contributed by atoms with Crippen molar-refractivity contribution in [2.75, 3.05) is 5.73 Å². The Morgan fingerprint density at radius 3 is 2.74 bits per heavy atom. The number of nitrogens with two attached hydrogens (primary N) is 1. The van der Waals surface area contributed by atoms with E-state index >= 15 is 0 Å². The van der Waals surface area contributed by atoms with Crippen molar-refractivity contribution >= 4 is 40.0 Å². The predicted octanol–water partition coefficient (Wildman–Crippen LogP) is 4.62. The number of benzene rings is 2. The minimum atomic E-state index is 0.684. The first kappa shape index (κ1) is 12.3. The van der Waals surface area contributed by atoms with Crippen LogP contribution in [0, 0.1) is 0 Å². The molecule has 0 atom stereocenters. The molecule has 1 aromatic heterocycles. The Kier molecular flexibility index (Phi) is 3.32. The van der Waals surface area contributed by atoms with Crippen molar-refractivity contribution in [3.63, 3.8) is 0 Å². The van der Waals surface area contributed by atoms with E-state index in [0.717, 1.165) is 25.7 Å². The molecule has 2 nitrogen and oxygen atoms in total. The van der Waals surface area contributed by atoms with Gasteiger partial charge in [-0.3, -0.25) is 4.98 Å². The third kappa shape index (κ3) is 2.53. The number of hydrogen-bond donors (Lipinski definition) is 1. The van der Waals surface area contributed by atoms with Crippen LogP contribution in [0.1, 0.15) is 0 Å². The minimum Gasteiger partial charge on any atom is -0.397 e. The van der Waals surface area contributed by atoms with E-state index in [2.05, 4.69) is 4.98 Å². The zero-order chi connectivity index (χ0) is 13.2. The lowest BCUT2D eigenvalue weighted by Gasteiger charge is -2.09. The van der Waals surface area contributed by atoms with Gasteiger partial charge in [-0.2, -0.15) is 0 Å². The summed E-state index contributed by atoms with van der Waals surface area (Å²) >= 11 is 7.62. The lowest BCUT2D eigenvalue weighted by atomic mass is 10.2. The first-order valence-corrected chi connectivity index (χ1v) is 7.00. The van der Waals surface area contributed by atoms with E-state index in [1.54, 1.807) is 18.0 Å². The van der Waals surface area contributed by atoms with E-state index in [9.17, 15) is 0 Å². The number of nitrogens with zero attached hydrogens (tertiary/aromatic N) is 1. The second kappa shape index (κ2) is 5.11. The summed E-state index contributed by atoms with van der Waals surface area (Å²) in [5.41, 5.74) is 7.69. The van der Waals surface area contributed by atoms with Crippen LogP contribution in [0.2, 0.25) is 5.02 Å². The average molecular weight is 287 g/mol. The second-order valence-corrected chi connectivity index (χ2v) is 5.64. The summed E-state index contributed by atoms with van der Waals surface area (Å²) < 4.78 is 0. The molecule has 0 radical (unpaired) electrons. The van der Waals surface area contributed by atoms with Gasteiger partial charge >= 0.3 is 0 Å². The monoisotopic (exact) mass is 286 g/mol. The number of nitrogen functional groups attached to an aromatic ring is 1. The molecule has 0 aliphatic carbocycles. The number of rotatable bonds is 2. The lowest BCUT2D eigenvalue weighted by molar-refractivity contribution is 1.35. The smallest absolute Gasteiger partial charge is 0.0715 e. The van der Waals surface area contributed by atoms with E-state index in [1.807, 2.05) is 48.5 Å². The molecule has 19 heavy (non-hydrogen) atoms. The molecule has 0 amide bonds. The molecule has 4 heteroatoms. The van der Waals surface area contributed by atoms with E-state index in [-0.39, 0.29) is 0 Å². The number of anilines is 1. The number of fused-ring (bicyclic) bond motifs is 1. The van der Waals surface area contributed by atoms with Crippen molar-refractivity contribution in [3.8, 4) is 0 Å². The van der Waals surface area contributed by atoms with Gasteiger partial charge in [-0.25, -0.2) is 0 Å². The summed E-state index contributed by atoms with van der Waals surface area (Å²) in [6, 6.07) is 15.7. The molecular weight excluding hydrogens is 276 g/mol. The summed E-state index contributed by atoms with van der Waals surface area (Å²) in [6.45, 7) is 0. The van der Waals surface area contributed by atoms with Gasteiger partial charge in [0.05, 0.1) is 17.4 Å².